The highest BCUT2D eigenvalue weighted by Crippen LogP contribution is 2.37. The van der Waals surface area contributed by atoms with E-state index in [4.69, 9.17) is 16.7 Å². The van der Waals surface area contributed by atoms with Crippen LogP contribution in [0.2, 0.25) is 5.02 Å². The Bertz CT molecular complexity index is 962. The molecule has 0 bridgehead atoms. The molecule has 3 rings (SSSR count). The van der Waals surface area contributed by atoms with Crippen molar-refractivity contribution in [1.29, 1.82) is 0 Å². The zero-order valence-electron chi connectivity index (χ0n) is 15.8. The van der Waals surface area contributed by atoms with Crippen LogP contribution in [0.3, 0.4) is 0 Å². The molecule has 0 aliphatic rings. The van der Waals surface area contributed by atoms with Crippen molar-refractivity contribution in [3.8, 4) is 5.75 Å². The normalized spacial score (nSPS) is 10.5. The first-order valence-electron chi connectivity index (χ1n) is 8.38. The standard InChI is InChI=1S/C15H8ClF3N2O2S.C3H8.CH4O/c16-7-4-5-10(22)8(6-7)13(23)21-14-20-12-9(15(17,18)19)2-1-3-11(12)24-14;1-3-2;1-2/h1-6,22H,(H,20,21,23);3H2,1-2H3;2H,1H3. The number of thiazole rings is 1. The number of nitrogens with one attached hydrogen (secondary N) is 1. The Hall–Kier alpha value is -2.36. The van der Waals surface area contributed by atoms with E-state index in [0.29, 0.717) is 0 Å². The third-order valence-corrected chi connectivity index (χ3v) is 4.32. The van der Waals surface area contributed by atoms with E-state index >= 15 is 0 Å². The van der Waals surface area contributed by atoms with Crippen molar-refractivity contribution in [2.24, 2.45) is 0 Å². The zero-order chi connectivity index (χ0) is 22.2. The molecule has 0 saturated heterocycles. The molecule has 0 saturated carbocycles. The van der Waals surface area contributed by atoms with Crippen LogP contribution in [0.4, 0.5) is 18.3 Å². The number of aromatic nitrogens is 1. The van der Waals surface area contributed by atoms with Gasteiger partial charge in [0.25, 0.3) is 5.91 Å². The van der Waals surface area contributed by atoms with Crippen LogP contribution >= 0.6 is 22.9 Å². The molecular formula is C19H20ClF3N2O3S. The minimum absolute atomic E-state index is 0.00826. The number of hydrogen-bond donors (Lipinski definition) is 3. The van der Waals surface area contributed by atoms with Crippen molar-refractivity contribution in [3.63, 3.8) is 0 Å². The molecule has 5 nitrogen and oxygen atoms in total. The van der Waals surface area contributed by atoms with E-state index in [9.17, 15) is 23.1 Å². The molecule has 158 valence electrons. The van der Waals surface area contributed by atoms with Crippen LogP contribution < -0.4 is 5.32 Å². The van der Waals surface area contributed by atoms with Crippen LogP contribution in [0, 0.1) is 0 Å². The van der Waals surface area contributed by atoms with Gasteiger partial charge in [0.05, 0.1) is 21.3 Å². The predicted octanol–water partition coefficient (Wildman–Crippen LogP) is 5.95. The molecule has 10 heteroatoms. The number of alkyl halides is 3. The van der Waals surface area contributed by atoms with Gasteiger partial charge in [-0.05, 0) is 30.3 Å². The lowest BCUT2D eigenvalue weighted by Gasteiger charge is -2.06. The second-order valence-corrected chi connectivity index (χ2v) is 6.96. The van der Waals surface area contributed by atoms with Gasteiger partial charge in [0.2, 0.25) is 0 Å². The second-order valence-electron chi connectivity index (χ2n) is 5.49. The van der Waals surface area contributed by atoms with Gasteiger partial charge >= 0.3 is 6.18 Å². The van der Waals surface area contributed by atoms with Gasteiger partial charge in [0.1, 0.15) is 5.75 Å². The quantitative estimate of drug-likeness (QED) is 0.452. The molecule has 2 aromatic carbocycles. The molecule has 0 unspecified atom stereocenters. The molecule has 0 aliphatic heterocycles. The van der Waals surface area contributed by atoms with Gasteiger partial charge < -0.3 is 10.2 Å². The molecule has 3 N–H and O–H groups in total. The number of aliphatic hydroxyl groups excluding tert-OH is 1. The minimum Gasteiger partial charge on any atom is -0.507 e. The van der Waals surface area contributed by atoms with Gasteiger partial charge in [-0.2, -0.15) is 13.2 Å². The summed E-state index contributed by atoms with van der Waals surface area (Å²) in [4.78, 5) is 16.0. The number of phenols is 1. The van der Waals surface area contributed by atoms with E-state index < -0.39 is 17.6 Å². The summed E-state index contributed by atoms with van der Waals surface area (Å²) >= 11 is 6.67. The fourth-order valence-corrected chi connectivity index (χ4v) is 3.15. The summed E-state index contributed by atoms with van der Waals surface area (Å²) in [6.45, 7) is 4.25. The highest BCUT2D eigenvalue weighted by atomic mass is 35.5. The fraction of sp³-hybridized carbons (Fsp3) is 0.263. The highest BCUT2D eigenvalue weighted by molar-refractivity contribution is 7.22. The number of carbonyl (C=O) groups is 1. The Labute approximate surface area is 174 Å². The Morgan fingerprint density at radius 1 is 1.21 bits per heavy atom. The number of halogens is 4. The Morgan fingerprint density at radius 3 is 2.41 bits per heavy atom. The maximum absolute atomic E-state index is 13.0. The van der Waals surface area contributed by atoms with Gasteiger partial charge in [-0.15, -0.1) is 0 Å². The van der Waals surface area contributed by atoms with Crippen molar-refractivity contribution in [3.05, 3.63) is 52.5 Å². The number of carbonyl (C=O) groups excluding carboxylic acids is 1. The van der Waals surface area contributed by atoms with E-state index in [1.807, 2.05) is 0 Å². The molecule has 1 aromatic heterocycles. The Kier molecular flexibility index (Phi) is 9.35. The molecule has 0 atom stereocenters. The van der Waals surface area contributed by atoms with Crippen molar-refractivity contribution in [2.45, 2.75) is 26.4 Å². The summed E-state index contributed by atoms with van der Waals surface area (Å²) < 4.78 is 39.2. The molecule has 1 heterocycles. The molecule has 0 radical (unpaired) electrons. The van der Waals surface area contributed by atoms with Crippen LogP contribution in [-0.4, -0.2) is 28.2 Å². The van der Waals surface area contributed by atoms with Gasteiger partial charge in [-0.1, -0.05) is 49.3 Å². The largest absolute Gasteiger partial charge is 0.507 e. The smallest absolute Gasteiger partial charge is 0.418 e. The number of nitrogens with zero attached hydrogens (tertiary/aromatic N) is 1. The number of fused-ring (bicyclic) bond motifs is 1. The van der Waals surface area contributed by atoms with Crippen molar-refractivity contribution in [2.75, 3.05) is 12.4 Å². The summed E-state index contributed by atoms with van der Waals surface area (Å²) in [6.07, 6.45) is -3.29. The third kappa shape index (κ3) is 6.59. The van der Waals surface area contributed by atoms with Crippen LogP contribution in [0.25, 0.3) is 10.2 Å². The molecule has 0 fully saturated rings. The number of aromatic hydroxyl groups is 1. The second kappa shape index (κ2) is 11.0. The number of amides is 1. The molecule has 0 aliphatic carbocycles. The van der Waals surface area contributed by atoms with Crippen molar-refractivity contribution in [1.82, 2.24) is 4.98 Å². The third-order valence-electron chi connectivity index (χ3n) is 3.15. The van der Waals surface area contributed by atoms with Crippen molar-refractivity contribution < 1.29 is 28.2 Å². The number of benzene rings is 2. The fourth-order valence-electron chi connectivity index (χ4n) is 2.09. The van der Waals surface area contributed by atoms with Gasteiger partial charge in [-0.25, -0.2) is 4.98 Å². The summed E-state index contributed by atoms with van der Waals surface area (Å²) in [5.74, 6) is -1.02. The highest BCUT2D eigenvalue weighted by Gasteiger charge is 2.33. The topological polar surface area (TPSA) is 82.5 Å². The zero-order valence-corrected chi connectivity index (χ0v) is 17.4. The number of rotatable bonds is 2. The van der Waals surface area contributed by atoms with Gasteiger partial charge in [0, 0.05) is 12.1 Å². The van der Waals surface area contributed by atoms with Crippen LogP contribution in [0.15, 0.2) is 36.4 Å². The summed E-state index contributed by atoms with van der Waals surface area (Å²) in [5.41, 5.74) is -1.21. The van der Waals surface area contributed by atoms with Gasteiger partial charge in [0.15, 0.2) is 5.13 Å². The maximum atomic E-state index is 13.0. The molecule has 29 heavy (non-hydrogen) atoms. The lowest BCUT2D eigenvalue weighted by molar-refractivity contribution is -0.136. The Morgan fingerprint density at radius 2 is 1.83 bits per heavy atom. The molecule has 0 spiro atoms. The lowest BCUT2D eigenvalue weighted by Crippen LogP contribution is -2.12. The molecule has 3 aromatic rings. The first kappa shape index (κ1) is 24.7. The number of anilines is 1. The van der Waals surface area contributed by atoms with E-state index in [1.165, 1.54) is 36.8 Å². The average Bonchev–Trinajstić information content (AvgIpc) is 3.07. The number of phenolic OH excluding ortho intramolecular Hbond substituents is 1. The Balaban J connectivity index is 0.000000771. The SMILES string of the molecule is CCC.CO.O=C(Nc1nc2c(C(F)(F)F)cccc2s1)c1cc(Cl)ccc1O. The van der Waals surface area contributed by atoms with E-state index in [2.05, 4.69) is 24.1 Å². The minimum atomic E-state index is -4.54. The van der Waals surface area contributed by atoms with Crippen molar-refractivity contribution >= 4 is 44.2 Å². The summed E-state index contributed by atoms with van der Waals surface area (Å²) in [7, 11) is 1.00. The maximum Gasteiger partial charge on any atom is 0.418 e. The first-order chi connectivity index (χ1) is 13.7. The lowest BCUT2D eigenvalue weighted by atomic mass is 10.2. The van der Waals surface area contributed by atoms with Gasteiger partial charge in [-0.3, -0.25) is 10.1 Å². The van der Waals surface area contributed by atoms with Crippen LogP contribution in [0.1, 0.15) is 36.2 Å². The first-order valence-corrected chi connectivity index (χ1v) is 9.58. The number of para-hydroxylation sites is 1. The number of hydrogen-bond acceptors (Lipinski definition) is 5. The van der Waals surface area contributed by atoms with Crippen LogP contribution in [-0.2, 0) is 6.18 Å². The number of aliphatic hydroxyl groups is 1. The van der Waals surface area contributed by atoms with E-state index in [1.54, 1.807) is 0 Å². The monoisotopic (exact) mass is 448 g/mol. The summed E-state index contributed by atoms with van der Waals surface area (Å²) in [5, 5.41) is 19.3. The van der Waals surface area contributed by atoms with E-state index in [-0.39, 0.29) is 31.7 Å². The summed E-state index contributed by atoms with van der Waals surface area (Å²) in [6, 6.07) is 7.59. The predicted molar refractivity (Wildman–Crippen MR) is 110 cm³/mol. The van der Waals surface area contributed by atoms with Crippen LogP contribution in [0.5, 0.6) is 5.75 Å². The van der Waals surface area contributed by atoms with E-state index in [0.717, 1.165) is 24.5 Å². The average molecular weight is 449 g/mol. The molecular weight excluding hydrogens is 429 g/mol. The molecule has 1 amide bonds.